The number of amides is 1. The van der Waals surface area contributed by atoms with Crippen molar-refractivity contribution < 1.29 is 9.53 Å². The Morgan fingerprint density at radius 2 is 2.10 bits per heavy atom. The zero-order chi connectivity index (χ0) is 21.5. The third kappa shape index (κ3) is 5.38. The summed E-state index contributed by atoms with van der Waals surface area (Å²) in [6.45, 7) is 7.01. The van der Waals surface area contributed by atoms with Gasteiger partial charge in [-0.25, -0.2) is 4.98 Å². The molecule has 3 rings (SSSR count). The van der Waals surface area contributed by atoms with Crippen molar-refractivity contribution in [3.63, 3.8) is 0 Å². The molecule has 1 aromatic heterocycles. The molecule has 0 unspecified atom stereocenters. The van der Waals surface area contributed by atoms with Gasteiger partial charge in [0.15, 0.2) is 5.82 Å². The summed E-state index contributed by atoms with van der Waals surface area (Å²) in [7, 11) is 1.60. The number of nitrogens with one attached hydrogen (secondary N) is 2. The number of nitrogens with zero attached hydrogens (tertiary/aromatic N) is 3. The zero-order valence-electron chi connectivity index (χ0n) is 18.0. The highest BCUT2D eigenvalue weighted by molar-refractivity contribution is 5.77. The van der Waals surface area contributed by atoms with E-state index in [2.05, 4.69) is 15.6 Å². The van der Waals surface area contributed by atoms with Gasteiger partial charge in [-0.05, 0) is 45.4 Å². The van der Waals surface area contributed by atoms with Crippen molar-refractivity contribution in [3.8, 4) is 17.0 Å². The normalized spacial score (nSPS) is 14.9. The van der Waals surface area contributed by atoms with Gasteiger partial charge in [0.25, 0.3) is 5.56 Å². The van der Waals surface area contributed by atoms with E-state index in [0.29, 0.717) is 23.8 Å². The Balaban J connectivity index is 2.04. The molecule has 1 fully saturated rings. The molecule has 162 valence electrons. The van der Waals surface area contributed by atoms with Gasteiger partial charge in [0, 0.05) is 31.2 Å². The van der Waals surface area contributed by atoms with Crippen LogP contribution in [0.3, 0.4) is 0 Å². The first-order valence-electron chi connectivity index (χ1n) is 10.5. The van der Waals surface area contributed by atoms with Gasteiger partial charge < -0.3 is 20.3 Å². The van der Waals surface area contributed by atoms with Crippen LogP contribution in [0.15, 0.2) is 35.3 Å². The van der Waals surface area contributed by atoms with Gasteiger partial charge in [-0.3, -0.25) is 14.2 Å². The summed E-state index contributed by atoms with van der Waals surface area (Å²) in [4.78, 5) is 32.5. The van der Waals surface area contributed by atoms with Crippen molar-refractivity contribution in [1.82, 2.24) is 20.2 Å². The Bertz CT molecular complexity index is 917. The second-order valence-corrected chi connectivity index (χ2v) is 7.76. The first-order valence-corrected chi connectivity index (χ1v) is 10.5. The highest BCUT2D eigenvalue weighted by Gasteiger charge is 2.20. The molecule has 1 aromatic carbocycles. The van der Waals surface area contributed by atoms with Crippen molar-refractivity contribution in [1.29, 1.82) is 0 Å². The van der Waals surface area contributed by atoms with Crippen molar-refractivity contribution >= 4 is 11.7 Å². The number of rotatable bonds is 6. The predicted octanol–water partition coefficient (Wildman–Crippen LogP) is 1.63. The third-order valence-electron chi connectivity index (χ3n) is 5.04. The Kier molecular flexibility index (Phi) is 7.46. The summed E-state index contributed by atoms with van der Waals surface area (Å²) in [5, 5.41) is 6.24. The fourth-order valence-corrected chi connectivity index (χ4v) is 3.59. The maximum atomic E-state index is 13.5. The van der Waals surface area contributed by atoms with Crippen molar-refractivity contribution in [2.24, 2.45) is 0 Å². The van der Waals surface area contributed by atoms with Gasteiger partial charge in [0.1, 0.15) is 12.3 Å². The number of hydrogen-bond donors (Lipinski definition) is 2. The molecular weight excluding hydrogens is 382 g/mol. The maximum Gasteiger partial charge on any atom is 0.294 e. The number of anilines is 1. The molecule has 2 N–H and O–H groups in total. The minimum Gasteiger partial charge on any atom is -0.497 e. The van der Waals surface area contributed by atoms with Crippen LogP contribution in [-0.4, -0.2) is 54.8 Å². The number of carbonyl (C=O) groups is 1. The van der Waals surface area contributed by atoms with Crippen LogP contribution >= 0.6 is 0 Å². The molecule has 0 radical (unpaired) electrons. The maximum absolute atomic E-state index is 13.5. The number of benzene rings is 1. The zero-order valence-corrected chi connectivity index (χ0v) is 18.0. The average Bonchev–Trinajstić information content (AvgIpc) is 2.69. The Morgan fingerprint density at radius 1 is 1.27 bits per heavy atom. The topological polar surface area (TPSA) is 88.5 Å². The lowest BCUT2D eigenvalue weighted by atomic mass is 10.1. The minimum atomic E-state index is -0.255. The van der Waals surface area contributed by atoms with Crippen LogP contribution in [0.2, 0.25) is 0 Å². The summed E-state index contributed by atoms with van der Waals surface area (Å²) in [6, 6.07) is 7.42. The van der Waals surface area contributed by atoms with Crippen molar-refractivity contribution in [2.75, 3.05) is 38.2 Å². The molecular formula is C22H31N5O3. The van der Waals surface area contributed by atoms with Crippen molar-refractivity contribution in [2.45, 2.75) is 39.3 Å². The molecule has 0 bridgehead atoms. The number of hydrogen-bond acceptors (Lipinski definition) is 6. The number of ether oxygens (including phenoxy) is 1. The van der Waals surface area contributed by atoms with Gasteiger partial charge in [0.2, 0.25) is 5.91 Å². The largest absolute Gasteiger partial charge is 0.497 e. The Labute approximate surface area is 177 Å². The summed E-state index contributed by atoms with van der Waals surface area (Å²) >= 11 is 0. The lowest BCUT2D eigenvalue weighted by molar-refractivity contribution is -0.122. The molecule has 1 aliphatic rings. The second-order valence-electron chi connectivity index (χ2n) is 7.76. The van der Waals surface area contributed by atoms with Crippen LogP contribution in [0.4, 0.5) is 5.82 Å². The van der Waals surface area contributed by atoms with Gasteiger partial charge >= 0.3 is 0 Å². The Morgan fingerprint density at radius 3 is 2.87 bits per heavy atom. The number of aromatic nitrogens is 2. The minimum absolute atomic E-state index is 0.00443. The molecule has 1 amide bonds. The van der Waals surface area contributed by atoms with Gasteiger partial charge in [-0.1, -0.05) is 12.1 Å². The first kappa shape index (κ1) is 21.8. The molecule has 0 atom stereocenters. The van der Waals surface area contributed by atoms with Crippen molar-refractivity contribution in [3.05, 3.63) is 40.8 Å². The van der Waals surface area contributed by atoms with E-state index in [9.17, 15) is 9.59 Å². The summed E-state index contributed by atoms with van der Waals surface area (Å²) < 4.78 is 6.84. The molecule has 30 heavy (non-hydrogen) atoms. The van der Waals surface area contributed by atoms with E-state index in [1.807, 2.05) is 43.0 Å². The Hall–Kier alpha value is -2.87. The molecule has 1 saturated heterocycles. The molecule has 0 saturated carbocycles. The molecule has 1 aliphatic heterocycles. The van der Waals surface area contributed by atoms with Gasteiger partial charge in [0.05, 0.1) is 19.0 Å². The standard InChI is InChI=1S/C22H31N5O3/c1-16(2)25-20(28)15-27-19(17-7-6-8-18(13-17)30-3)14-24-21(22(27)29)26-11-5-4-9-23-10-12-26/h6-8,13-14,16,23H,4-5,9-12,15H2,1-3H3,(H,25,28). The lowest BCUT2D eigenvalue weighted by Crippen LogP contribution is -2.42. The monoisotopic (exact) mass is 413 g/mol. The molecule has 0 aliphatic carbocycles. The van der Waals surface area contributed by atoms with Crippen LogP contribution in [0.1, 0.15) is 26.7 Å². The fourth-order valence-electron chi connectivity index (χ4n) is 3.59. The molecule has 2 aromatic rings. The lowest BCUT2D eigenvalue weighted by Gasteiger charge is -2.26. The van der Waals surface area contributed by atoms with E-state index in [1.165, 1.54) is 4.57 Å². The molecule has 8 heteroatoms. The first-order chi connectivity index (χ1) is 14.5. The molecule has 0 spiro atoms. The molecule has 8 nitrogen and oxygen atoms in total. The van der Waals surface area contributed by atoms with Crippen LogP contribution in [0.25, 0.3) is 11.3 Å². The predicted molar refractivity (Wildman–Crippen MR) is 118 cm³/mol. The smallest absolute Gasteiger partial charge is 0.294 e. The van der Waals surface area contributed by atoms with E-state index in [4.69, 9.17) is 4.74 Å². The summed E-state index contributed by atoms with van der Waals surface area (Å²) in [5.74, 6) is 0.863. The fraction of sp³-hybridized carbons (Fsp3) is 0.500. The van der Waals surface area contributed by atoms with Crippen LogP contribution in [-0.2, 0) is 11.3 Å². The SMILES string of the molecule is COc1cccc(-c2cnc(N3CCCCNCC3)c(=O)n2CC(=O)NC(C)C)c1. The van der Waals surface area contributed by atoms with E-state index in [0.717, 1.165) is 38.0 Å². The highest BCUT2D eigenvalue weighted by atomic mass is 16.5. The summed E-state index contributed by atoms with van der Waals surface area (Å²) in [6.07, 6.45) is 3.73. The quantitative estimate of drug-likeness (QED) is 0.748. The van der Waals surface area contributed by atoms with Gasteiger partial charge in [-0.15, -0.1) is 0 Å². The average molecular weight is 414 g/mol. The third-order valence-corrected chi connectivity index (χ3v) is 5.04. The highest BCUT2D eigenvalue weighted by Crippen LogP contribution is 2.23. The van der Waals surface area contributed by atoms with Crippen LogP contribution < -0.4 is 25.8 Å². The molecule has 2 heterocycles. The second kappa shape index (κ2) is 10.2. The van der Waals surface area contributed by atoms with Crippen LogP contribution in [0, 0.1) is 0 Å². The van der Waals surface area contributed by atoms with E-state index in [-0.39, 0.29) is 24.1 Å². The van der Waals surface area contributed by atoms with Crippen LogP contribution in [0.5, 0.6) is 5.75 Å². The van der Waals surface area contributed by atoms with E-state index < -0.39 is 0 Å². The summed E-state index contributed by atoms with van der Waals surface area (Å²) in [5.41, 5.74) is 1.11. The number of carbonyl (C=O) groups excluding carboxylic acids is 1. The van der Waals surface area contributed by atoms with E-state index >= 15 is 0 Å². The van der Waals surface area contributed by atoms with E-state index in [1.54, 1.807) is 13.3 Å². The van der Waals surface area contributed by atoms with Gasteiger partial charge in [-0.2, -0.15) is 0 Å². The number of methoxy groups -OCH3 is 1.